The fraction of sp³-hybridized carbons (Fsp3) is 0.684. The van der Waals surface area contributed by atoms with Gasteiger partial charge in [-0.25, -0.2) is 0 Å². The van der Waals surface area contributed by atoms with Crippen molar-refractivity contribution in [3.63, 3.8) is 0 Å². The minimum absolute atomic E-state index is 0.160. The van der Waals surface area contributed by atoms with Gasteiger partial charge < -0.3 is 10.5 Å². The largest absolute Gasteiger partial charge is 0.492 e. The molecule has 116 valence electrons. The van der Waals surface area contributed by atoms with Crippen molar-refractivity contribution in [1.29, 1.82) is 0 Å². The Bertz CT molecular complexity index is 500. The predicted molar refractivity (Wildman–Crippen MR) is 87.9 cm³/mol. The van der Waals surface area contributed by atoms with Gasteiger partial charge in [-0.15, -0.1) is 0 Å². The summed E-state index contributed by atoms with van der Waals surface area (Å²) in [5.74, 6) is 1.08. The summed E-state index contributed by atoms with van der Waals surface area (Å²) in [7, 11) is 0. The second-order valence-corrected chi connectivity index (χ2v) is 7.75. The van der Waals surface area contributed by atoms with E-state index in [9.17, 15) is 0 Å². The molecular weight excluding hydrogens is 258 g/mol. The van der Waals surface area contributed by atoms with E-state index in [-0.39, 0.29) is 5.41 Å². The molecule has 0 saturated heterocycles. The van der Waals surface area contributed by atoms with Gasteiger partial charge in [0.25, 0.3) is 0 Å². The summed E-state index contributed by atoms with van der Waals surface area (Å²) in [6.45, 7) is 6.19. The summed E-state index contributed by atoms with van der Waals surface area (Å²) >= 11 is 0. The van der Waals surface area contributed by atoms with E-state index in [2.05, 4.69) is 32.0 Å². The molecule has 1 aromatic carbocycles. The van der Waals surface area contributed by atoms with Gasteiger partial charge in [-0.3, -0.25) is 0 Å². The van der Waals surface area contributed by atoms with E-state index in [0.717, 1.165) is 18.9 Å². The van der Waals surface area contributed by atoms with Crippen LogP contribution in [0, 0.1) is 5.41 Å². The van der Waals surface area contributed by atoms with Crippen LogP contribution in [-0.4, -0.2) is 13.2 Å². The van der Waals surface area contributed by atoms with Crippen molar-refractivity contribution in [3.8, 4) is 5.75 Å². The Hall–Kier alpha value is -1.02. The molecule has 0 spiro atoms. The first kappa shape index (κ1) is 14.9. The van der Waals surface area contributed by atoms with Crippen LogP contribution in [0.5, 0.6) is 5.75 Å². The molecule has 2 aliphatic rings. The van der Waals surface area contributed by atoms with Gasteiger partial charge in [0.2, 0.25) is 0 Å². The second-order valence-electron chi connectivity index (χ2n) is 7.75. The normalized spacial score (nSPS) is 22.0. The summed E-state index contributed by atoms with van der Waals surface area (Å²) in [6.07, 6.45) is 9.23. The van der Waals surface area contributed by atoms with Crippen molar-refractivity contribution >= 4 is 0 Å². The zero-order valence-electron chi connectivity index (χ0n) is 13.6. The first-order chi connectivity index (χ1) is 10.0. The summed E-state index contributed by atoms with van der Waals surface area (Å²) in [5.41, 5.74) is 9.40. The number of benzene rings is 1. The molecular formula is C19H29NO. The molecule has 1 saturated carbocycles. The molecule has 3 rings (SSSR count). The molecule has 0 atom stereocenters. The fourth-order valence-electron chi connectivity index (χ4n) is 4.19. The zero-order valence-corrected chi connectivity index (χ0v) is 13.6. The molecule has 2 nitrogen and oxygen atoms in total. The number of rotatable bonds is 5. The van der Waals surface area contributed by atoms with Crippen LogP contribution < -0.4 is 10.5 Å². The molecule has 1 fully saturated rings. The lowest BCUT2D eigenvalue weighted by Gasteiger charge is -2.28. The number of hydrogen-bond donors (Lipinski definition) is 1. The van der Waals surface area contributed by atoms with Crippen molar-refractivity contribution in [1.82, 2.24) is 0 Å². The van der Waals surface area contributed by atoms with Crippen molar-refractivity contribution in [2.45, 2.75) is 64.2 Å². The maximum absolute atomic E-state index is 5.86. The molecule has 1 aromatic rings. The zero-order chi connectivity index (χ0) is 14.9. The van der Waals surface area contributed by atoms with Crippen LogP contribution in [0.25, 0.3) is 0 Å². The minimum atomic E-state index is 0.160. The molecule has 0 amide bonds. The third kappa shape index (κ3) is 2.96. The van der Waals surface area contributed by atoms with E-state index >= 15 is 0 Å². The maximum Gasteiger partial charge on any atom is 0.123 e. The van der Waals surface area contributed by atoms with Crippen LogP contribution in [0.3, 0.4) is 0 Å². The SMILES string of the molecule is CC1(C)COc2ccc(CCC3(CCN)CCCC3)cc21. The van der Waals surface area contributed by atoms with Crippen LogP contribution in [0.4, 0.5) is 0 Å². The highest BCUT2D eigenvalue weighted by Crippen LogP contribution is 2.45. The molecule has 21 heavy (non-hydrogen) atoms. The van der Waals surface area contributed by atoms with Gasteiger partial charge in [0.05, 0.1) is 6.61 Å². The monoisotopic (exact) mass is 287 g/mol. The van der Waals surface area contributed by atoms with E-state index in [4.69, 9.17) is 10.5 Å². The average Bonchev–Trinajstić information content (AvgIpc) is 3.03. The van der Waals surface area contributed by atoms with Gasteiger partial charge in [0.1, 0.15) is 5.75 Å². The number of nitrogens with two attached hydrogens (primary N) is 1. The van der Waals surface area contributed by atoms with Crippen molar-refractivity contribution in [2.24, 2.45) is 11.1 Å². The number of aryl methyl sites for hydroxylation is 1. The Morgan fingerprint density at radius 1 is 1.14 bits per heavy atom. The van der Waals surface area contributed by atoms with Gasteiger partial charge in [-0.05, 0) is 55.7 Å². The third-order valence-electron chi connectivity index (χ3n) is 5.64. The Morgan fingerprint density at radius 2 is 1.90 bits per heavy atom. The molecule has 0 aromatic heterocycles. The van der Waals surface area contributed by atoms with Crippen LogP contribution in [-0.2, 0) is 11.8 Å². The summed E-state index contributed by atoms with van der Waals surface area (Å²) < 4.78 is 5.79. The fourth-order valence-corrected chi connectivity index (χ4v) is 4.19. The van der Waals surface area contributed by atoms with Crippen molar-refractivity contribution in [3.05, 3.63) is 29.3 Å². The quantitative estimate of drug-likeness (QED) is 0.881. The molecule has 2 N–H and O–H groups in total. The summed E-state index contributed by atoms with van der Waals surface area (Å²) in [5, 5.41) is 0. The van der Waals surface area contributed by atoms with Crippen LogP contribution in [0.2, 0.25) is 0 Å². The molecule has 0 radical (unpaired) electrons. The van der Waals surface area contributed by atoms with Gasteiger partial charge in [0.15, 0.2) is 0 Å². The van der Waals surface area contributed by atoms with E-state index in [0.29, 0.717) is 5.41 Å². The molecule has 2 heteroatoms. The Kier molecular flexibility index (Phi) is 4.00. The standard InChI is InChI=1S/C19H29NO/c1-18(2)14-21-17-6-5-15(13-16(17)18)7-10-19(11-12-20)8-3-4-9-19/h5-6,13H,3-4,7-12,14,20H2,1-2H3. The molecule has 0 unspecified atom stereocenters. The van der Waals surface area contributed by atoms with Gasteiger partial charge in [-0.2, -0.15) is 0 Å². The van der Waals surface area contributed by atoms with E-state index in [1.807, 2.05) is 0 Å². The molecule has 1 aliphatic carbocycles. The lowest BCUT2D eigenvalue weighted by Crippen LogP contribution is -2.22. The average molecular weight is 287 g/mol. The van der Waals surface area contributed by atoms with Crippen LogP contribution >= 0.6 is 0 Å². The first-order valence-corrected chi connectivity index (χ1v) is 8.51. The summed E-state index contributed by atoms with van der Waals surface area (Å²) in [6, 6.07) is 6.81. The maximum atomic E-state index is 5.86. The van der Waals surface area contributed by atoms with Crippen LogP contribution in [0.15, 0.2) is 18.2 Å². The van der Waals surface area contributed by atoms with Crippen molar-refractivity contribution in [2.75, 3.05) is 13.2 Å². The lowest BCUT2D eigenvalue weighted by molar-refractivity contribution is 0.253. The minimum Gasteiger partial charge on any atom is -0.492 e. The molecule has 1 heterocycles. The third-order valence-corrected chi connectivity index (χ3v) is 5.64. The number of fused-ring (bicyclic) bond motifs is 1. The lowest BCUT2D eigenvalue weighted by atomic mass is 9.77. The van der Waals surface area contributed by atoms with Gasteiger partial charge in [0, 0.05) is 11.0 Å². The van der Waals surface area contributed by atoms with E-state index in [1.54, 1.807) is 0 Å². The number of ether oxygens (including phenoxy) is 1. The molecule has 1 aliphatic heterocycles. The predicted octanol–water partition coefficient (Wildman–Crippen LogP) is 4.20. The van der Waals surface area contributed by atoms with Gasteiger partial charge in [-0.1, -0.05) is 38.8 Å². The highest BCUT2D eigenvalue weighted by Gasteiger charge is 2.34. The Labute approximate surface area is 129 Å². The van der Waals surface area contributed by atoms with Crippen LogP contribution in [0.1, 0.15) is 63.5 Å². The topological polar surface area (TPSA) is 35.2 Å². The highest BCUT2D eigenvalue weighted by molar-refractivity contribution is 5.45. The Morgan fingerprint density at radius 3 is 2.62 bits per heavy atom. The van der Waals surface area contributed by atoms with E-state index in [1.165, 1.54) is 56.1 Å². The van der Waals surface area contributed by atoms with Crippen molar-refractivity contribution < 1.29 is 4.74 Å². The van der Waals surface area contributed by atoms with Gasteiger partial charge >= 0.3 is 0 Å². The van der Waals surface area contributed by atoms with E-state index < -0.39 is 0 Å². The highest BCUT2D eigenvalue weighted by atomic mass is 16.5. The first-order valence-electron chi connectivity index (χ1n) is 8.51. The smallest absolute Gasteiger partial charge is 0.123 e. The number of hydrogen-bond acceptors (Lipinski definition) is 2. The summed E-state index contributed by atoms with van der Waals surface area (Å²) in [4.78, 5) is 0. The molecule has 0 bridgehead atoms. The Balaban J connectivity index is 1.71. The second kappa shape index (κ2) is 5.64.